The molecule has 0 bridgehead atoms. The molecule has 4 rings (SSSR count). The molecule has 2 aliphatic heterocycles. The van der Waals surface area contributed by atoms with Gasteiger partial charge in [0.25, 0.3) is 5.91 Å². The van der Waals surface area contributed by atoms with Gasteiger partial charge in [0.15, 0.2) is 0 Å². The van der Waals surface area contributed by atoms with Crippen molar-refractivity contribution in [3.8, 4) is 5.69 Å². The summed E-state index contributed by atoms with van der Waals surface area (Å²) in [6, 6.07) is 7.29. The number of rotatable bonds is 4. The van der Waals surface area contributed by atoms with Gasteiger partial charge in [-0.2, -0.15) is 0 Å². The van der Waals surface area contributed by atoms with Gasteiger partial charge in [-0.25, -0.2) is 4.68 Å². The first kappa shape index (κ1) is 17.7. The fourth-order valence-electron chi connectivity index (χ4n) is 4.06. The summed E-state index contributed by atoms with van der Waals surface area (Å²) < 4.78 is 7.34. The highest BCUT2D eigenvalue weighted by Gasteiger charge is 2.40. The van der Waals surface area contributed by atoms with E-state index in [0.717, 1.165) is 18.5 Å². The molecule has 2 aliphatic rings. The summed E-state index contributed by atoms with van der Waals surface area (Å²) in [4.78, 5) is 26.0. The first-order valence-electron chi connectivity index (χ1n) is 9.24. The smallest absolute Gasteiger partial charge is 0.309 e. The molecule has 142 valence electrons. The Morgan fingerprint density at radius 1 is 1.11 bits per heavy atom. The summed E-state index contributed by atoms with van der Waals surface area (Å²) in [6.45, 7) is 1.76. The lowest BCUT2D eigenvalue weighted by Crippen LogP contribution is -2.43. The lowest BCUT2D eigenvalue weighted by atomic mass is 9.84. The van der Waals surface area contributed by atoms with E-state index >= 15 is 0 Å². The summed E-state index contributed by atoms with van der Waals surface area (Å²) in [5.41, 5.74) is 1.48. The molecule has 2 fully saturated rings. The van der Waals surface area contributed by atoms with E-state index in [0.29, 0.717) is 31.7 Å². The van der Waals surface area contributed by atoms with Crippen LogP contribution in [0.4, 0.5) is 0 Å². The number of carbonyl (C=O) groups excluding carboxylic acids is 1. The lowest BCUT2D eigenvalue weighted by molar-refractivity contribution is -0.145. The molecule has 8 heteroatoms. The Bertz CT molecular complexity index is 798. The number of amides is 1. The highest BCUT2D eigenvalue weighted by atomic mass is 16.5. The average Bonchev–Trinajstić information content (AvgIpc) is 3.40. The lowest BCUT2D eigenvalue weighted by Gasteiger charge is -2.35. The number of likely N-dealkylation sites (tertiary alicyclic amines) is 1. The highest BCUT2D eigenvalue weighted by Crippen LogP contribution is 2.33. The molecule has 1 aromatic carbocycles. The van der Waals surface area contributed by atoms with Gasteiger partial charge in [-0.3, -0.25) is 9.59 Å². The van der Waals surface area contributed by atoms with Gasteiger partial charge in [0.2, 0.25) is 0 Å². The van der Waals surface area contributed by atoms with Crippen LogP contribution in [0.15, 0.2) is 36.7 Å². The van der Waals surface area contributed by atoms with Crippen molar-refractivity contribution in [3.63, 3.8) is 0 Å². The number of hydrogen-bond donors (Lipinski definition) is 1. The summed E-state index contributed by atoms with van der Waals surface area (Å²) in [6.07, 6.45) is 5.26. The zero-order chi connectivity index (χ0) is 18.8. The van der Waals surface area contributed by atoms with Crippen LogP contribution in [-0.2, 0) is 9.53 Å². The normalized spacial score (nSPS) is 23.5. The first-order valence-corrected chi connectivity index (χ1v) is 9.24. The third-order valence-electron chi connectivity index (χ3n) is 5.55. The van der Waals surface area contributed by atoms with Crippen molar-refractivity contribution in [2.45, 2.75) is 25.4 Å². The molecule has 2 atom stereocenters. The van der Waals surface area contributed by atoms with Crippen molar-refractivity contribution < 1.29 is 19.4 Å². The molecule has 3 heterocycles. The van der Waals surface area contributed by atoms with Crippen LogP contribution < -0.4 is 0 Å². The largest absolute Gasteiger partial charge is 0.481 e. The van der Waals surface area contributed by atoms with Crippen LogP contribution in [0, 0.1) is 11.8 Å². The number of aromatic nitrogens is 3. The van der Waals surface area contributed by atoms with E-state index in [1.54, 1.807) is 29.2 Å². The minimum Gasteiger partial charge on any atom is -0.481 e. The third-order valence-corrected chi connectivity index (χ3v) is 5.55. The monoisotopic (exact) mass is 370 g/mol. The molecular formula is C19H22N4O4. The molecule has 1 aromatic heterocycles. The van der Waals surface area contributed by atoms with Gasteiger partial charge in [-0.05, 0) is 49.4 Å². The van der Waals surface area contributed by atoms with Crippen molar-refractivity contribution in [2.75, 3.05) is 19.7 Å². The minimum absolute atomic E-state index is 0.000662. The van der Waals surface area contributed by atoms with Crippen LogP contribution >= 0.6 is 0 Å². The molecule has 0 radical (unpaired) electrons. The molecule has 1 amide bonds. The van der Waals surface area contributed by atoms with Gasteiger partial charge in [0.1, 0.15) is 0 Å². The molecule has 0 saturated carbocycles. The first-order chi connectivity index (χ1) is 13.1. The minimum atomic E-state index is -0.775. The number of benzene rings is 1. The summed E-state index contributed by atoms with van der Waals surface area (Å²) in [5.74, 6) is -0.988. The molecule has 2 saturated heterocycles. The Labute approximate surface area is 156 Å². The Hall–Kier alpha value is -2.74. The Kier molecular flexibility index (Phi) is 4.89. The van der Waals surface area contributed by atoms with Gasteiger partial charge in [-0.1, -0.05) is 5.21 Å². The molecule has 2 aromatic rings. The Balaban J connectivity index is 1.36. The average molecular weight is 370 g/mol. The quantitative estimate of drug-likeness (QED) is 0.878. The Morgan fingerprint density at radius 2 is 1.85 bits per heavy atom. The van der Waals surface area contributed by atoms with E-state index in [2.05, 4.69) is 10.3 Å². The second kappa shape index (κ2) is 7.48. The maximum absolute atomic E-state index is 12.8. The molecule has 0 aliphatic carbocycles. The number of ether oxygens (including phenoxy) is 1. The van der Waals surface area contributed by atoms with Crippen LogP contribution in [-0.4, -0.2) is 62.7 Å². The second-order valence-electron chi connectivity index (χ2n) is 7.09. The van der Waals surface area contributed by atoms with Crippen molar-refractivity contribution >= 4 is 11.9 Å². The van der Waals surface area contributed by atoms with E-state index in [1.165, 1.54) is 0 Å². The number of nitrogens with zero attached hydrogens (tertiary/aromatic N) is 4. The van der Waals surface area contributed by atoms with Gasteiger partial charge < -0.3 is 14.7 Å². The van der Waals surface area contributed by atoms with Gasteiger partial charge in [-0.15, -0.1) is 5.10 Å². The summed E-state index contributed by atoms with van der Waals surface area (Å²) in [7, 11) is 0. The number of piperidine rings is 1. The van der Waals surface area contributed by atoms with Crippen molar-refractivity contribution in [3.05, 3.63) is 42.2 Å². The van der Waals surface area contributed by atoms with E-state index in [-0.39, 0.29) is 17.9 Å². The van der Waals surface area contributed by atoms with Crippen LogP contribution in [0.1, 0.15) is 29.6 Å². The van der Waals surface area contributed by atoms with Crippen molar-refractivity contribution in [1.29, 1.82) is 0 Å². The topological polar surface area (TPSA) is 97.6 Å². The van der Waals surface area contributed by atoms with E-state index in [4.69, 9.17) is 4.74 Å². The fourth-order valence-corrected chi connectivity index (χ4v) is 4.06. The Morgan fingerprint density at radius 3 is 2.48 bits per heavy atom. The molecule has 1 unspecified atom stereocenters. The number of carboxylic acids is 1. The number of carboxylic acid groups (broad SMARTS) is 1. The predicted octanol–water partition coefficient (Wildman–Crippen LogP) is 1.61. The van der Waals surface area contributed by atoms with E-state index in [1.807, 2.05) is 17.0 Å². The van der Waals surface area contributed by atoms with Gasteiger partial charge in [0.05, 0.1) is 30.1 Å². The third kappa shape index (κ3) is 3.57. The van der Waals surface area contributed by atoms with Crippen LogP contribution in [0.3, 0.4) is 0 Å². The van der Waals surface area contributed by atoms with Crippen LogP contribution in [0.2, 0.25) is 0 Å². The number of carbonyl (C=O) groups is 2. The predicted molar refractivity (Wildman–Crippen MR) is 95.5 cm³/mol. The van der Waals surface area contributed by atoms with Crippen molar-refractivity contribution in [2.24, 2.45) is 11.8 Å². The SMILES string of the molecule is O=C(O)C1CCO[C@H]1C1CCN(C(=O)c2ccc(-n3ccnn3)cc2)CC1. The number of aliphatic carboxylic acids is 1. The van der Waals surface area contributed by atoms with Crippen molar-refractivity contribution in [1.82, 2.24) is 19.9 Å². The maximum Gasteiger partial charge on any atom is 0.309 e. The van der Waals surface area contributed by atoms with E-state index in [9.17, 15) is 14.7 Å². The molecular weight excluding hydrogens is 348 g/mol. The number of hydrogen-bond acceptors (Lipinski definition) is 5. The zero-order valence-electron chi connectivity index (χ0n) is 14.9. The summed E-state index contributed by atoms with van der Waals surface area (Å²) in [5, 5.41) is 17.0. The molecule has 8 nitrogen and oxygen atoms in total. The van der Waals surface area contributed by atoms with Gasteiger partial charge in [0, 0.05) is 25.3 Å². The standard InChI is InChI=1S/C19H22N4O4/c24-18(14-1-3-15(4-2-14)23-11-8-20-21-23)22-9-5-13(6-10-22)17-16(19(25)26)7-12-27-17/h1-4,8,11,13,16-17H,5-7,9-10,12H2,(H,25,26)/t16?,17-/m0/s1. The van der Waals surface area contributed by atoms with E-state index < -0.39 is 11.9 Å². The van der Waals surface area contributed by atoms with Gasteiger partial charge >= 0.3 is 5.97 Å². The van der Waals surface area contributed by atoms with Crippen LogP contribution in [0.25, 0.3) is 5.69 Å². The fraction of sp³-hybridized carbons (Fsp3) is 0.474. The molecule has 27 heavy (non-hydrogen) atoms. The zero-order valence-corrected chi connectivity index (χ0v) is 14.9. The molecule has 0 spiro atoms. The van der Waals surface area contributed by atoms with Crippen LogP contribution in [0.5, 0.6) is 0 Å². The second-order valence-corrected chi connectivity index (χ2v) is 7.09. The molecule has 1 N–H and O–H groups in total. The summed E-state index contributed by atoms with van der Waals surface area (Å²) >= 11 is 0. The maximum atomic E-state index is 12.8. The highest BCUT2D eigenvalue weighted by molar-refractivity contribution is 5.94.